The highest BCUT2D eigenvalue weighted by molar-refractivity contribution is 5.94. The van der Waals surface area contributed by atoms with Gasteiger partial charge in [-0.2, -0.15) is 0 Å². The van der Waals surface area contributed by atoms with Crippen molar-refractivity contribution in [2.24, 2.45) is 17.4 Å². The molecule has 0 heterocycles. The first-order valence-corrected chi connectivity index (χ1v) is 11.9. The molecule has 1 rings (SSSR count). The summed E-state index contributed by atoms with van der Waals surface area (Å²) >= 11 is 0. The number of amides is 4. The van der Waals surface area contributed by atoms with Crippen molar-refractivity contribution in [3.05, 3.63) is 29.8 Å². The summed E-state index contributed by atoms with van der Waals surface area (Å²) in [6.07, 6.45) is -1.38. The van der Waals surface area contributed by atoms with Crippen LogP contribution in [-0.2, 0) is 35.2 Å². The molecule has 4 atom stereocenters. The maximum Gasteiger partial charge on any atom is 0.326 e. The molecule has 0 aliphatic rings. The first-order chi connectivity index (χ1) is 17.7. The van der Waals surface area contributed by atoms with Crippen molar-refractivity contribution < 1.29 is 44.1 Å². The van der Waals surface area contributed by atoms with Gasteiger partial charge in [-0.05, 0) is 42.9 Å². The lowest BCUT2D eigenvalue weighted by Gasteiger charge is -2.25. The zero-order valence-electron chi connectivity index (χ0n) is 21.2. The standard InChI is InChI=1S/C24H35N5O9/c1-12(2)20(24(37)38)29-23(36)16(7-9-18(26)31)28-22(35)17(8-10-19(32)33)27-21(34)15(25)11-13-3-5-14(30)6-4-13/h3-6,12,15-17,20,30H,7-11,25H2,1-2H3,(H2,26,31)(H,27,34)(H,28,35)(H,29,36)(H,32,33)(H,37,38). The Hall–Kier alpha value is -4.20. The predicted molar refractivity (Wildman–Crippen MR) is 133 cm³/mol. The third-order valence-corrected chi connectivity index (χ3v) is 5.55. The molecule has 1 aromatic rings. The molecule has 38 heavy (non-hydrogen) atoms. The lowest BCUT2D eigenvalue weighted by molar-refractivity contribution is -0.143. The monoisotopic (exact) mass is 537 g/mol. The Balaban J connectivity index is 3.03. The highest BCUT2D eigenvalue weighted by Crippen LogP contribution is 2.11. The minimum atomic E-state index is -1.41. The average molecular weight is 538 g/mol. The van der Waals surface area contributed by atoms with E-state index in [0.29, 0.717) is 5.56 Å². The molecule has 0 radical (unpaired) electrons. The van der Waals surface area contributed by atoms with Crippen molar-refractivity contribution in [1.29, 1.82) is 0 Å². The van der Waals surface area contributed by atoms with Gasteiger partial charge >= 0.3 is 11.9 Å². The van der Waals surface area contributed by atoms with E-state index in [2.05, 4.69) is 16.0 Å². The highest BCUT2D eigenvalue weighted by Gasteiger charge is 2.31. The van der Waals surface area contributed by atoms with E-state index in [-0.39, 0.29) is 31.4 Å². The van der Waals surface area contributed by atoms with E-state index in [1.807, 2.05) is 0 Å². The van der Waals surface area contributed by atoms with Gasteiger partial charge in [0.15, 0.2) is 0 Å². The van der Waals surface area contributed by atoms with Crippen LogP contribution in [0.3, 0.4) is 0 Å². The van der Waals surface area contributed by atoms with Gasteiger partial charge < -0.3 is 42.7 Å². The minimum absolute atomic E-state index is 0.0233. The molecule has 0 saturated carbocycles. The summed E-state index contributed by atoms with van der Waals surface area (Å²) < 4.78 is 0. The Morgan fingerprint density at radius 2 is 1.32 bits per heavy atom. The van der Waals surface area contributed by atoms with Gasteiger partial charge in [-0.25, -0.2) is 4.79 Å². The minimum Gasteiger partial charge on any atom is -0.508 e. The summed E-state index contributed by atoms with van der Waals surface area (Å²) in [5.74, 6) is -6.39. The molecule has 0 saturated heterocycles. The number of aromatic hydroxyl groups is 1. The largest absolute Gasteiger partial charge is 0.508 e. The van der Waals surface area contributed by atoms with Crippen LogP contribution in [0.25, 0.3) is 0 Å². The third kappa shape index (κ3) is 11.2. The maximum absolute atomic E-state index is 13.0. The van der Waals surface area contributed by atoms with Gasteiger partial charge in [-0.3, -0.25) is 24.0 Å². The van der Waals surface area contributed by atoms with Crippen molar-refractivity contribution in [2.75, 3.05) is 0 Å². The molecule has 0 bridgehead atoms. The normalized spacial score (nSPS) is 14.0. The summed E-state index contributed by atoms with van der Waals surface area (Å²) in [5.41, 5.74) is 11.7. The summed E-state index contributed by atoms with van der Waals surface area (Å²) in [5, 5.41) is 34.8. The second-order valence-corrected chi connectivity index (χ2v) is 9.11. The number of carbonyl (C=O) groups excluding carboxylic acids is 4. The van der Waals surface area contributed by atoms with Crippen LogP contribution in [0.15, 0.2) is 24.3 Å². The number of phenols is 1. The Labute approximate surface area is 219 Å². The second kappa shape index (κ2) is 15.1. The number of hydrogen-bond acceptors (Lipinski definition) is 8. The number of hydrogen-bond donors (Lipinski definition) is 8. The number of rotatable bonds is 16. The zero-order valence-corrected chi connectivity index (χ0v) is 21.2. The van der Waals surface area contributed by atoms with E-state index in [1.54, 1.807) is 26.0 Å². The quantitative estimate of drug-likeness (QED) is 0.122. The van der Waals surface area contributed by atoms with Crippen LogP contribution in [-0.4, -0.2) is 75.1 Å². The van der Waals surface area contributed by atoms with Gasteiger partial charge in [0.2, 0.25) is 23.6 Å². The molecule has 0 aliphatic heterocycles. The van der Waals surface area contributed by atoms with Crippen LogP contribution < -0.4 is 27.4 Å². The van der Waals surface area contributed by atoms with Crippen molar-refractivity contribution in [3.8, 4) is 5.75 Å². The van der Waals surface area contributed by atoms with Crippen LogP contribution in [0.5, 0.6) is 5.75 Å². The summed E-state index contributed by atoms with van der Waals surface area (Å²) in [6, 6.07) is 0.718. The van der Waals surface area contributed by atoms with Crippen molar-refractivity contribution in [2.45, 2.75) is 70.1 Å². The van der Waals surface area contributed by atoms with Gasteiger partial charge in [0.05, 0.1) is 6.04 Å². The molecule has 1 aromatic carbocycles. The molecule has 0 aliphatic carbocycles. The van der Waals surface area contributed by atoms with E-state index in [1.165, 1.54) is 12.1 Å². The summed E-state index contributed by atoms with van der Waals surface area (Å²) in [7, 11) is 0. The molecule has 4 amide bonds. The summed E-state index contributed by atoms with van der Waals surface area (Å²) in [4.78, 5) is 72.4. The number of nitrogens with two attached hydrogens (primary N) is 2. The Kier molecular flexibility index (Phi) is 12.7. The molecule has 10 N–H and O–H groups in total. The first-order valence-electron chi connectivity index (χ1n) is 11.9. The third-order valence-electron chi connectivity index (χ3n) is 5.55. The highest BCUT2D eigenvalue weighted by atomic mass is 16.4. The SMILES string of the molecule is CC(C)C(NC(=O)C(CCC(N)=O)NC(=O)C(CCC(=O)O)NC(=O)C(N)Cc1ccc(O)cc1)C(=O)O. The smallest absolute Gasteiger partial charge is 0.326 e. The van der Waals surface area contributed by atoms with Crippen molar-refractivity contribution in [1.82, 2.24) is 16.0 Å². The fourth-order valence-corrected chi connectivity index (χ4v) is 3.39. The molecular formula is C24H35N5O9. The molecule has 0 fully saturated rings. The molecule has 0 aromatic heterocycles. The number of nitrogens with one attached hydrogen (secondary N) is 3. The summed E-state index contributed by atoms with van der Waals surface area (Å²) in [6.45, 7) is 3.13. The van der Waals surface area contributed by atoms with Crippen molar-refractivity contribution in [3.63, 3.8) is 0 Å². The Morgan fingerprint density at radius 3 is 1.79 bits per heavy atom. The van der Waals surface area contributed by atoms with Crippen LogP contribution in [0.1, 0.15) is 45.1 Å². The van der Waals surface area contributed by atoms with Gasteiger partial charge in [0, 0.05) is 12.8 Å². The number of aliphatic carboxylic acids is 2. The number of benzene rings is 1. The van der Waals surface area contributed by atoms with E-state index in [4.69, 9.17) is 16.6 Å². The predicted octanol–water partition coefficient (Wildman–Crippen LogP) is -1.41. The average Bonchev–Trinajstić information content (AvgIpc) is 2.82. The molecule has 14 heteroatoms. The molecule has 14 nitrogen and oxygen atoms in total. The molecule has 0 spiro atoms. The molecule has 210 valence electrons. The number of carboxylic acids is 2. The first kappa shape index (κ1) is 31.8. The van der Waals surface area contributed by atoms with E-state index in [9.17, 15) is 39.0 Å². The van der Waals surface area contributed by atoms with Crippen LogP contribution in [0.2, 0.25) is 0 Å². The van der Waals surface area contributed by atoms with Gasteiger partial charge in [0.25, 0.3) is 0 Å². The Morgan fingerprint density at radius 1 is 0.816 bits per heavy atom. The van der Waals surface area contributed by atoms with Gasteiger partial charge in [-0.15, -0.1) is 0 Å². The van der Waals surface area contributed by atoms with Crippen LogP contribution in [0, 0.1) is 5.92 Å². The molecular weight excluding hydrogens is 502 g/mol. The van der Waals surface area contributed by atoms with E-state index in [0.717, 1.165) is 0 Å². The number of phenolic OH excluding ortho intramolecular Hbond substituents is 1. The lowest BCUT2D eigenvalue weighted by atomic mass is 10.0. The van der Waals surface area contributed by atoms with Crippen molar-refractivity contribution >= 4 is 35.6 Å². The van der Waals surface area contributed by atoms with Crippen LogP contribution in [0.4, 0.5) is 0 Å². The maximum atomic E-state index is 13.0. The molecule has 4 unspecified atom stereocenters. The number of primary amides is 1. The van der Waals surface area contributed by atoms with Gasteiger partial charge in [-0.1, -0.05) is 26.0 Å². The Bertz CT molecular complexity index is 1010. The number of carboxylic acid groups (broad SMARTS) is 2. The van der Waals surface area contributed by atoms with Gasteiger partial charge in [0.1, 0.15) is 23.9 Å². The fourth-order valence-electron chi connectivity index (χ4n) is 3.39. The van der Waals surface area contributed by atoms with E-state index >= 15 is 0 Å². The lowest BCUT2D eigenvalue weighted by Crippen LogP contribution is -2.57. The topological polar surface area (TPSA) is 251 Å². The van der Waals surface area contributed by atoms with Crippen LogP contribution >= 0.6 is 0 Å². The van der Waals surface area contributed by atoms with E-state index < -0.39 is 72.1 Å². The fraction of sp³-hybridized carbons (Fsp3) is 0.500. The zero-order chi connectivity index (χ0) is 29.0. The number of carbonyl (C=O) groups is 6. The second-order valence-electron chi connectivity index (χ2n) is 9.11.